The van der Waals surface area contributed by atoms with Gasteiger partial charge in [0.1, 0.15) is 0 Å². The maximum absolute atomic E-state index is 5.74. The standard InChI is InChI=1S/C8H15N3O/c1-7-3-10-11(4-7)5-8(9)6-12-2/h3-4,8H,5-6,9H2,1-2H3. The Hall–Kier alpha value is -0.870. The van der Waals surface area contributed by atoms with Crippen LogP contribution >= 0.6 is 0 Å². The minimum absolute atomic E-state index is 0.0225. The molecule has 0 bridgehead atoms. The van der Waals surface area contributed by atoms with Crippen LogP contribution in [0.25, 0.3) is 0 Å². The minimum Gasteiger partial charge on any atom is -0.383 e. The SMILES string of the molecule is COCC(N)Cn1cc(C)cn1. The van der Waals surface area contributed by atoms with Crippen LogP contribution in [0.1, 0.15) is 5.56 Å². The molecular weight excluding hydrogens is 154 g/mol. The normalized spacial score (nSPS) is 13.2. The van der Waals surface area contributed by atoms with E-state index in [0.29, 0.717) is 13.2 Å². The highest BCUT2D eigenvalue weighted by Gasteiger charge is 2.02. The molecule has 1 aromatic rings. The van der Waals surface area contributed by atoms with Gasteiger partial charge < -0.3 is 10.5 Å². The molecule has 0 spiro atoms. The van der Waals surface area contributed by atoms with Gasteiger partial charge in [0.15, 0.2) is 0 Å². The summed E-state index contributed by atoms with van der Waals surface area (Å²) in [5.41, 5.74) is 6.89. The molecule has 0 aliphatic carbocycles. The van der Waals surface area contributed by atoms with E-state index in [9.17, 15) is 0 Å². The summed E-state index contributed by atoms with van der Waals surface area (Å²) < 4.78 is 6.75. The fourth-order valence-electron chi connectivity index (χ4n) is 1.07. The van der Waals surface area contributed by atoms with Gasteiger partial charge in [-0.15, -0.1) is 0 Å². The van der Waals surface area contributed by atoms with E-state index in [1.807, 2.05) is 24.0 Å². The topological polar surface area (TPSA) is 53.1 Å². The molecule has 2 N–H and O–H groups in total. The highest BCUT2D eigenvalue weighted by molar-refractivity contribution is 4.99. The molecule has 12 heavy (non-hydrogen) atoms. The second-order valence-electron chi connectivity index (χ2n) is 2.96. The Kier molecular flexibility index (Phi) is 3.25. The van der Waals surface area contributed by atoms with E-state index in [2.05, 4.69) is 5.10 Å². The fraction of sp³-hybridized carbons (Fsp3) is 0.625. The largest absolute Gasteiger partial charge is 0.383 e. The maximum atomic E-state index is 5.74. The summed E-state index contributed by atoms with van der Waals surface area (Å²) in [4.78, 5) is 0. The van der Waals surface area contributed by atoms with Gasteiger partial charge in [-0.25, -0.2) is 0 Å². The highest BCUT2D eigenvalue weighted by Crippen LogP contribution is 1.95. The smallest absolute Gasteiger partial charge is 0.0631 e. The van der Waals surface area contributed by atoms with Crippen molar-refractivity contribution < 1.29 is 4.74 Å². The molecule has 0 amide bonds. The highest BCUT2D eigenvalue weighted by atomic mass is 16.5. The zero-order chi connectivity index (χ0) is 8.97. The van der Waals surface area contributed by atoms with E-state index < -0.39 is 0 Å². The number of hydrogen-bond donors (Lipinski definition) is 1. The van der Waals surface area contributed by atoms with E-state index >= 15 is 0 Å². The molecule has 0 aromatic carbocycles. The first-order chi connectivity index (χ1) is 5.72. The van der Waals surface area contributed by atoms with Crippen molar-refractivity contribution in [2.24, 2.45) is 5.73 Å². The summed E-state index contributed by atoms with van der Waals surface area (Å²) in [6.07, 6.45) is 3.79. The molecule has 1 rings (SSSR count). The first-order valence-electron chi connectivity index (χ1n) is 3.96. The second kappa shape index (κ2) is 4.23. The number of nitrogens with two attached hydrogens (primary N) is 1. The number of rotatable bonds is 4. The Morgan fingerprint density at radius 2 is 2.50 bits per heavy atom. The summed E-state index contributed by atoms with van der Waals surface area (Å²) >= 11 is 0. The van der Waals surface area contributed by atoms with E-state index in [4.69, 9.17) is 10.5 Å². The van der Waals surface area contributed by atoms with Gasteiger partial charge in [0, 0.05) is 19.3 Å². The molecule has 4 nitrogen and oxygen atoms in total. The van der Waals surface area contributed by atoms with Crippen molar-refractivity contribution in [3.8, 4) is 0 Å². The molecule has 0 fully saturated rings. The summed E-state index contributed by atoms with van der Waals surface area (Å²) in [7, 11) is 1.65. The molecule has 0 aliphatic rings. The molecule has 0 saturated carbocycles. The van der Waals surface area contributed by atoms with Crippen LogP contribution in [0.4, 0.5) is 0 Å². The fourth-order valence-corrected chi connectivity index (χ4v) is 1.07. The Morgan fingerprint density at radius 3 is 3.00 bits per heavy atom. The van der Waals surface area contributed by atoms with Crippen LogP contribution in [0.5, 0.6) is 0 Å². The van der Waals surface area contributed by atoms with Crippen molar-refractivity contribution in [3.63, 3.8) is 0 Å². The average molecular weight is 169 g/mol. The lowest BCUT2D eigenvalue weighted by atomic mass is 10.3. The molecule has 1 aromatic heterocycles. The van der Waals surface area contributed by atoms with Gasteiger partial charge in [-0.1, -0.05) is 0 Å². The van der Waals surface area contributed by atoms with Crippen molar-refractivity contribution in [1.29, 1.82) is 0 Å². The Bertz CT molecular complexity index is 234. The second-order valence-corrected chi connectivity index (χ2v) is 2.96. The van der Waals surface area contributed by atoms with Crippen LogP contribution in [0.2, 0.25) is 0 Å². The predicted octanol–water partition coefficient (Wildman–Crippen LogP) is 0.165. The lowest BCUT2D eigenvalue weighted by Crippen LogP contribution is -2.30. The summed E-state index contributed by atoms with van der Waals surface area (Å²) in [6, 6.07) is 0.0225. The molecule has 1 heterocycles. The molecule has 0 saturated heterocycles. The molecule has 1 atom stereocenters. The van der Waals surface area contributed by atoms with Crippen molar-refractivity contribution in [2.45, 2.75) is 19.5 Å². The quantitative estimate of drug-likeness (QED) is 0.698. The van der Waals surface area contributed by atoms with Crippen LogP contribution in [0.15, 0.2) is 12.4 Å². The minimum atomic E-state index is 0.0225. The number of nitrogens with zero attached hydrogens (tertiary/aromatic N) is 2. The first kappa shape index (κ1) is 9.22. The van der Waals surface area contributed by atoms with Gasteiger partial charge in [0.2, 0.25) is 0 Å². The lowest BCUT2D eigenvalue weighted by Gasteiger charge is -2.09. The number of methoxy groups -OCH3 is 1. The average Bonchev–Trinajstić information content (AvgIpc) is 2.36. The third-order valence-corrected chi connectivity index (χ3v) is 1.56. The number of ether oxygens (including phenoxy) is 1. The third-order valence-electron chi connectivity index (χ3n) is 1.56. The Balaban J connectivity index is 2.41. The molecule has 0 aliphatic heterocycles. The lowest BCUT2D eigenvalue weighted by molar-refractivity contribution is 0.172. The van der Waals surface area contributed by atoms with E-state index in [-0.39, 0.29) is 6.04 Å². The monoisotopic (exact) mass is 169 g/mol. The Morgan fingerprint density at radius 1 is 1.75 bits per heavy atom. The zero-order valence-electron chi connectivity index (χ0n) is 7.53. The zero-order valence-corrected chi connectivity index (χ0v) is 7.53. The van der Waals surface area contributed by atoms with Crippen LogP contribution in [-0.2, 0) is 11.3 Å². The molecule has 0 radical (unpaired) electrons. The molecule has 68 valence electrons. The van der Waals surface area contributed by atoms with Crippen LogP contribution in [-0.4, -0.2) is 29.5 Å². The number of aromatic nitrogens is 2. The van der Waals surface area contributed by atoms with Gasteiger partial charge >= 0.3 is 0 Å². The van der Waals surface area contributed by atoms with Crippen molar-refractivity contribution in [2.75, 3.05) is 13.7 Å². The van der Waals surface area contributed by atoms with E-state index in [0.717, 1.165) is 5.56 Å². The number of hydrogen-bond acceptors (Lipinski definition) is 3. The van der Waals surface area contributed by atoms with Gasteiger partial charge in [-0.2, -0.15) is 5.10 Å². The summed E-state index contributed by atoms with van der Waals surface area (Å²) in [5.74, 6) is 0. The van der Waals surface area contributed by atoms with Crippen molar-refractivity contribution >= 4 is 0 Å². The van der Waals surface area contributed by atoms with E-state index in [1.54, 1.807) is 7.11 Å². The van der Waals surface area contributed by atoms with Crippen LogP contribution in [0, 0.1) is 6.92 Å². The van der Waals surface area contributed by atoms with E-state index in [1.165, 1.54) is 0 Å². The van der Waals surface area contributed by atoms with Crippen LogP contribution < -0.4 is 5.73 Å². The van der Waals surface area contributed by atoms with Crippen molar-refractivity contribution in [1.82, 2.24) is 9.78 Å². The van der Waals surface area contributed by atoms with Gasteiger partial charge in [-0.3, -0.25) is 4.68 Å². The third kappa shape index (κ3) is 2.64. The van der Waals surface area contributed by atoms with Crippen molar-refractivity contribution in [3.05, 3.63) is 18.0 Å². The van der Waals surface area contributed by atoms with Crippen LogP contribution in [0.3, 0.4) is 0 Å². The summed E-state index contributed by atoms with van der Waals surface area (Å²) in [5, 5.41) is 4.12. The summed E-state index contributed by atoms with van der Waals surface area (Å²) in [6.45, 7) is 3.28. The molecule has 4 heteroatoms. The maximum Gasteiger partial charge on any atom is 0.0631 e. The molecular formula is C8H15N3O. The number of aryl methyl sites for hydroxylation is 1. The van der Waals surface area contributed by atoms with Gasteiger partial charge in [0.05, 0.1) is 19.3 Å². The van der Waals surface area contributed by atoms with Gasteiger partial charge in [0.25, 0.3) is 0 Å². The first-order valence-corrected chi connectivity index (χ1v) is 3.96. The Labute approximate surface area is 72.3 Å². The molecule has 1 unspecified atom stereocenters. The predicted molar refractivity (Wildman–Crippen MR) is 46.8 cm³/mol. The van der Waals surface area contributed by atoms with Gasteiger partial charge in [-0.05, 0) is 12.5 Å².